The second kappa shape index (κ2) is 5.49. The van der Waals surface area contributed by atoms with Gasteiger partial charge >= 0.3 is 5.97 Å². The van der Waals surface area contributed by atoms with Crippen LogP contribution in [0, 0.1) is 11.8 Å². The zero-order valence-corrected chi connectivity index (χ0v) is 9.85. The minimum absolute atomic E-state index is 0.0487. The third-order valence-corrected chi connectivity index (χ3v) is 3.49. The molecule has 0 radical (unpaired) electrons. The van der Waals surface area contributed by atoms with Crippen LogP contribution in [0.2, 0.25) is 0 Å². The summed E-state index contributed by atoms with van der Waals surface area (Å²) in [6.07, 6.45) is 3.25. The molecule has 2 rings (SSSR count). The SMILES string of the molecule is O=C(O)CCCC(=O)NC1COCC1C1CC1. The molecule has 0 spiro atoms. The minimum Gasteiger partial charge on any atom is -0.481 e. The Morgan fingerprint density at radius 3 is 2.65 bits per heavy atom. The predicted octanol–water partition coefficient (Wildman–Crippen LogP) is 0.782. The zero-order chi connectivity index (χ0) is 12.3. The largest absolute Gasteiger partial charge is 0.481 e. The molecule has 2 aliphatic rings. The molecule has 2 atom stereocenters. The van der Waals surface area contributed by atoms with E-state index in [4.69, 9.17) is 9.84 Å². The van der Waals surface area contributed by atoms with Crippen molar-refractivity contribution in [1.82, 2.24) is 5.32 Å². The van der Waals surface area contributed by atoms with Gasteiger partial charge in [-0.2, -0.15) is 0 Å². The fraction of sp³-hybridized carbons (Fsp3) is 0.833. The first-order chi connectivity index (χ1) is 8.16. The van der Waals surface area contributed by atoms with Crippen LogP contribution < -0.4 is 5.32 Å². The fourth-order valence-electron chi connectivity index (χ4n) is 2.39. The number of carboxylic acid groups (broad SMARTS) is 1. The van der Waals surface area contributed by atoms with Crippen LogP contribution in [0.5, 0.6) is 0 Å². The molecule has 2 fully saturated rings. The first-order valence-electron chi connectivity index (χ1n) is 6.25. The number of carbonyl (C=O) groups is 2. The Labute approximate surface area is 101 Å². The van der Waals surface area contributed by atoms with Crippen LogP contribution in [-0.2, 0) is 14.3 Å². The van der Waals surface area contributed by atoms with Crippen molar-refractivity contribution < 1.29 is 19.4 Å². The van der Waals surface area contributed by atoms with Crippen LogP contribution in [0.25, 0.3) is 0 Å². The van der Waals surface area contributed by atoms with Crippen LogP contribution in [0.1, 0.15) is 32.1 Å². The summed E-state index contributed by atoms with van der Waals surface area (Å²) in [5.41, 5.74) is 0. The maximum atomic E-state index is 11.6. The van der Waals surface area contributed by atoms with Crippen LogP contribution in [-0.4, -0.2) is 36.2 Å². The first-order valence-corrected chi connectivity index (χ1v) is 6.25. The Balaban J connectivity index is 1.68. The Hall–Kier alpha value is -1.10. The number of rotatable bonds is 6. The molecular formula is C12H19NO4. The van der Waals surface area contributed by atoms with Gasteiger partial charge in [-0.15, -0.1) is 0 Å². The highest BCUT2D eigenvalue weighted by molar-refractivity contribution is 5.77. The number of amides is 1. The summed E-state index contributed by atoms with van der Waals surface area (Å²) in [5, 5.41) is 11.4. The molecule has 0 aromatic carbocycles. The summed E-state index contributed by atoms with van der Waals surface area (Å²) < 4.78 is 5.41. The molecule has 1 aliphatic carbocycles. The molecule has 0 bridgehead atoms. The lowest BCUT2D eigenvalue weighted by atomic mass is 9.98. The van der Waals surface area contributed by atoms with E-state index in [0.29, 0.717) is 25.4 Å². The highest BCUT2D eigenvalue weighted by Crippen LogP contribution is 2.40. The monoisotopic (exact) mass is 241 g/mol. The van der Waals surface area contributed by atoms with E-state index < -0.39 is 5.97 Å². The normalized spacial score (nSPS) is 28.0. The van der Waals surface area contributed by atoms with Crippen LogP contribution >= 0.6 is 0 Å². The van der Waals surface area contributed by atoms with Crippen molar-refractivity contribution in [2.45, 2.75) is 38.1 Å². The van der Waals surface area contributed by atoms with Crippen molar-refractivity contribution in [3.8, 4) is 0 Å². The number of carbonyl (C=O) groups excluding carboxylic acids is 1. The van der Waals surface area contributed by atoms with E-state index >= 15 is 0 Å². The van der Waals surface area contributed by atoms with E-state index in [-0.39, 0.29) is 18.4 Å². The van der Waals surface area contributed by atoms with Gasteiger partial charge in [0.1, 0.15) is 0 Å². The molecule has 2 unspecified atom stereocenters. The average Bonchev–Trinajstić information content (AvgIpc) is 3.00. The molecule has 0 aromatic heterocycles. The van der Waals surface area contributed by atoms with Crippen LogP contribution in [0.4, 0.5) is 0 Å². The minimum atomic E-state index is -0.849. The van der Waals surface area contributed by atoms with E-state index in [1.165, 1.54) is 12.8 Å². The van der Waals surface area contributed by atoms with E-state index in [9.17, 15) is 9.59 Å². The molecule has 1 saturated heterocycles. The van der Waals surface area contributed by atoms with E-state index in [1.54, 1.807) is 0 Å². The van der Waals surface area contributed by atoms with Gasteiger partial charge in [-0.25, -0.2) is 0 Å². The summed E-state index contributed by atoms with van der Waals surface area (Å²) in [5.74, 6) is 0.297. The third-order valence-electron chi connectivity index (χ3n) is 3.49. The number of hydrogen-bond acceptors (Lipinski definition) is 3. The van der Waals surface area contributed by atoms with Gasteiger partial charge in [0.05, 0.1) is 19.3 Å². The molecule has 0 aromatic rings. The van der Waals surface area contributed by atoms with Gasteiger partial charge < -0.3 is 15.2 Å². The number of aliphatic carboxylic acids is 1. The van der Waals surface area contributed by atoms with E-state index in [1.807, 2.05) is 0 Å². The molecule has 5 heteroatoms. The lowest BCUT2D eigenvalue weighted by Crippen LogP contribution is -2.40. The van der Waals surface area contributed by atoms with Gasteiger partial charge in [-0.1, -0.05) is 0 Å². The molecule has 96 valence electrons. The maximum absolute atomic E-state index is 11.6. The highest BCUT2D eigenvalue weighted by Gasteiger charge is 2.40. The summed E-state index contributed by atoms with van der Waals surface area (Å²) in [6.45, 7) is 1.36. The lowest BCUT2D eigenvalue weighted by molar-refractivity contribution is -0.137. The molecule has 5 nitrogen and oxygen atoms in total. The second-order valence-corrected chi connectivity index (χ2v) is 4.96. The topological polar surface area (TPSA) is 75.6 Å². The maximum Gasteiger partial charge on any atom is 0.303 e. The zero-order valence-electron chi connectivity index (χ0n) is 9.85. The molecule has 17 heavy (non-hydrogen) atoms. The van der Waals surface area contributed by atoms with Crippen LogP contribution in [0.3, 0.4) is 0 Å². The van der Waals surface area contributed by atoms with Crippen molar-refractivity contribution in [3.05, 3.63) is 0 Å². The Morgan fingerprint density at radius 2 is 2.00 bits per heavy atom. The van der Waals surface area contributed by atoms with E-state index in [0.717, 1.165) is 12.5 Å². The fourth-order valence-corrected chi connectivity index (χ4v) is 2.39. The summed E-state index contributed by atoms with van der Waals surface area (Å²) in [4.78, 5) is 21.9. The van der Waals surface area contributed by atoms with Crippen molar-refractivity contribution in [3.63, 3.8) is 0 Å². The number of hydrogen-bond donors (Lipinski definition) is 2. The van der Waals surface area contributed by atoms with Gasteiger partial charge in [0.25, 0.3) is 0 Å². The molecule has 1 saturated carbocycles. The predicted molar refractivity (Wildman–Crippen MR) is 60.5 cm³/mol. The molecule has 2 N–H and O–H groups in total. The highest BCUT2D eigenvalue weighted by atomic mass is 16.5. The molecule has 1 amide bonds. The Kier molecular flexibility index (Phi) is 3.99. The van der Waals surface area contributed by atoms with Crippen molar-refractivity contribution in [1.29, 1.82) is 0 Å². The van der Waals surface area contributed by atoms with E-state index in [2.05, 4.69) is 5.32 Å². The Morgan fingerprint density at radius 1 is 1.24 bits per heavy atom. The quantitative estimate of drug-likeness (QED) is 0.720. The lowest BCUT2D eigenvalue weighted by Gasteiger charge is -2.18. The summed E-state index contributed by atoms with van der Waals surface area (Å²) in [6, 6.07) is 0.139. The smallest absolute Gasteiger partial charge is 0.303 e. The second-order valence-electron chi connectivity index (χ2n) is 4.96. The number of carboxylic acids is 1. The molecule has 1 aliphatic heterocycles. The van der Waals surface area contributed by atoms with Crippen molar-refractivity contribution in [2.75, 3.05) is 13.2 Å². The average molecular weight is 241 g/mol. The number of ether oxygens (including phenoxy) is 1. The van der Waals surface area contributed by atoms with Gasteiger partial charge in [-0.05, 0) is 25.2 Å². The van der Waals surface area contributed by atoms with Crippen LogP contribution in [0.15, 0.2) is 0 Å². The standard InChI is InChI=1S/C12H19NO4/c14-11(2-1-3-12(15)16)13-10-7-17-6-9(10)8-4-5-8/h8-10H,1-7H2,(H,13,14)(H,15,16). The number of nitrogens with one attached hydrogen (secondary N) is 1. The van der Waals surface area contributed by atoms with Crippen molar-refractivity contribution >= 4 is 11.9 Å². The summed E-state index contributed by atoms with van der Waals surface area (Å²) in [7, 11) is 0. The van der Waals surface area contributed by atoms with Gasteiger partial charge in [0.2, 0.25) is 5.91 Å². The van der Waals surface area contributed by atoms with Gasteiger partial charge in [-0.3, -0.25) is 9.59 Å². The third kappa shape index (κ3) is 3.70. The van der Waals surface area contributed by atoms with Gasteiger partial charge in [0, 0.05) is 18.8 Å². The van der Waals surface area contributed by atoms with Gasteiger partial charge in [0.15, 0.2) is 0 Å². The Bertz CT molecular complexity index is 301. The van der Waals surface area contributed by atoms with Crippen molar-refractivity contribution in [2.24, 2.45) is 11.8 Å². The summed E-state index contributed by atoms with van der Waals surface area (Å²) >= 11 is 0. The molecular weight excluding hydrogens is 222 g/mol. The molecule has 1 heterocycles. The first kappa shape index (κ1) is 12.4.